The standard InChI is InChI=1S/C13H15N/c1-4-12-8-7-11(10-14-6-3)9-13(12)5-2/h4-5,7-10H,1-2,6H2,3H3. The van der Waals surface area contributed by atoms with Gasteiger partial charge in [0, 0.05) is 12.8 Å². The van der Waals surface area contributed by atoms with Crippen LogP contribution in [0.15, 0.2) is 36.3 Å². The van der Waals surface area contributed by atoms with Crippen LogP contribution in [0.5, 0.6) is 0 Å². The van der Waals surface area contributed by atoms with Crippen molar-refractivity contribution < 1.29 is 0 Å². The maximum absolute atomic E-state index is 4.19. The van der Waals surface area contributed by atoms with Crippen molar-refractivity contribution in [3.05, 3.63) is 48.0 Å². The van der Waals surface area contributed by atoms with Crippen molar-refractivity contribution in [2.45, 2.75) is 6.92 Å². The first-order valence-electron chi connectivity index (χ1n) is 4.70. The third kappa shape index (κ3) is 2.43. The Kier molecular flexibility index (Phi) is 3.86. The normalized spacial score (nSPS) is 10.4. The SMILES string of the molecule is C=Cc1ccc(C=NCC)cc1C=C. The molecule has 72 valence electrons. The molecule has 1 aromatic rings. The van der Waals surface area contributed by atoms with Gasteiger partial charge in [-0.1, -0.05) is 37.4 Å². The molecule has 0 aliphatic rings. The summed E-state index contributed by atoms with van der Waals surface area (Å²) in [4.78, 5) is 4.19. The highest BCUT2D eigenvalue weighted by atomic mass is 14.7. The van der Waals surface area contributed by atoms with Gasteiger partial charge in [-0.05, 0) is 29.7 Å². The lowest BCUT2D eigenvalue weighted by Gasteiger charge is -2.01. The zero-order valence-electron chi connectivity index (χ0n) is 8.53. The lowest BCUT2D eigenvalue weighted by atomic mass is 10.0. The largest absolute Gasteiger partial charge is 0.293 e. The minimum Gasteiger partial charge on any atom is -0.293 e. The van der Waals surface area contributed by atoms with E-state index in [0.29, 0.717) is 0 Å². The van der Waals surface area contributed by atoms with E-state index in [0.717, 1.165) is 23.2 Å². The van der Waals surface area contributed by atoms with Crippen LogP contribution in [0.1, 0.15) is 23.6 Å². The zero-order valence-corrected chi connectivity index (χ0v) is 8.53. The van der Waals surface area contributed by atoms with Crippen LogP contribution in [-0.2, 0) is 0 Å². The van der Waals surface area contributed by atoms with Gasteiger partial charge in [-0.2, -0.15) is 0 Å². The van der Waals surface area contributed by atoms with Gasteiger partial charge < -0.3 is 0 Å². The molecule has 0 aromatic heterocycles. The lowest BCUT2D eigenvalue weighted by Crippen LogP contribution is -1.86. The Labute approximate surface area is 85.5 Å². The Balaban J connectivity index is 3.07. The van der Waals surface area contributed by atoms with Gasteiger partial charge >= 0.3 is 0 Å². The first-order chi connectivity index (χ1) is 6.81. The smallest absolute Gasteiger partial charge is 0.0361 e. The summed E-state index contributed by atoms with van der Waals surface area (Å²) in [6, 6.07) is 6.12. The molecule has 1 nitrogen and oxygen atoms in total. The van der Waals surface area contributed by atoms with Gasteiger partial charge in [0.2, 0.25) is 0 Å². The van der Waals surface area contributed by atoms with E-state index >= 15 is 0 Å². The minimum absolute atomic E-state index is 0.812. The van der Waals surface area contributed by atoms with E-state index in [1.165, 1.54) is 0 Å². The van der Waals surface area contributed by atoms with Crippen molar-refractivity contribution in [1.29, 1.82) is 0 Å². The maximum Gasteiger partial charge on any atom is 0.0361 e. The summed E-state index contributed by atoms with van der Waals surface area (Å²) in [5, 5.41) is 0. The Morgan fingerprint density at radius 3 is 2.50 bits per heavy atom. The van der Waals surface area contributed by atoms with Crippen LogP contribution >= 0.6 is 0 Å². The third-order valence-electron chi connectivity index (χ3n) is 1.97. The van der Waals surface area contributed by atoms with E-state index in [1.807, 2.05) is 37.4 Å². The van der Waals surface area contributed by atoms with Gasteiger partial charge in [0.05, 0.1) is 0 Å². The number of aliphatic imine (C=N–C) groups is 1. The van der Waals surface area contributed by atoms with E-state index in [9.17, 15) is 0 Å². The van der Waals surface area contributed by atoms with Crippen molar-refractivity contribution >= 4 is 18.4 Å². The molecule has 0 saturated carbocycles. The summed E-state index contributed by atoms with van der Waals surface area (Å²) in [6.07, 6.45) is 5.54. The Bertz CT molecular complexity index is 361. The van der Waals surface area contributed by atoms with E-state index in [2.05, 4.69) is 24.2 Å². The van der Waals surface area contributed by atoms with E-state index in [1.54, 1.807) is 0 Å². The molecule has 0 amide bonds. The average molecular weight is 185 g/mol. The molecule has 0 saturated heterocycles. The van der Waals surface area contributed by atoms with Crippen LogP contribution in [0.25, 0.3) is 12.2 Å². The molecule has 0 fully saturated rings. The van der Waals surface area contributed by atoms with E-state index < -0.39 is 0 Å². The second-order valence-corrected chi connectivity index (χ2v) is 2.92. The summed E-state index contributed by atoms with van der Waals surface area (Å²) >= 11 is 0. The minimum atomic E-state index is 0.812. The zero-order chi connectivity index (χ0) is 10.4. The second kappa shape index (κ2) is 5.18. The fourth-order valence-corrected chi connectivity index (χ4v) is 1.23. The Morgan fingerprint density at radius 1 is 1.21 bits per heavy atom. The van der Waals surface area contributed by atoms with Gasteiger partial charge in [-0.25, -0.2) is 0 Å². The van der Waals surface area contributed by atoms with E-state index in [4.69, 9.17) is 0 Å². The van der Waals surface area contributed by atoms with Gasteiger partial charge in [0.15, 0.2) is 0 Å². The molecule has 0 unspecified atom stereocenters. The topological polar surface area (TPSA) is 12.4 Å². The molecule has 0 bridgehead atoms. The molecule has 14 heavy (non-hydrogen) atoms. The molecule has 0 heterocycles. The van der Waals surface area contributed by atoms with Crippen LogP contribution in [0.3, 0.4) is 0 Å². The number of rotatable bonds is 4. The molecular formula is C13H15N. The monoisotopic (exact) mass is 185 g/mol. The predicted octanol–water partition coefficient (Wildman–Crippen LogP) is 3.41. The molecule has 0 aliphatic carbocycles. The highest BCUT2D eigenvalue weighted by Gasteiger charge is 1.95. The summed E-state index contributed by atoms with van der Waals surface area (Å²) < 4.78 is 0. The fraction of sp³-hybridized carbons (Fsp3) is 0.154. The Hall–Kier alpha value is -1.63. The number of hydrogen-bond donors (Lipinski definition) is 0. The molecule has 0 spiro atoms. The predicted molar refractivity (Wildman–Crippen MR) is 64.8 cm³/mol. The van der Waals surface area contributed by atoms with Crippen LogP contribution in [-0.4, -0.2) is 12.8 Å². The fourth-order valence-electron chi connectivity index (χ4n) is 1.23. The third-order valence-corrected chi connectivity index (χ3v) is 1.97. The molecular weight excluding hydrogens is 170 g/mol. The number of nitrogens with zero attached hydrogens (tertiary/aromatic N) is 1. The van der Waals surface area contributed by atoms with Gasteiger partial charge in [0.25, 0.3) is 0 Å². The van der Waals surface area contributed by atoms with Crippen LogP contribution in [0, 0.1) is 0 Å². The quantitative estimate of drug-likeness (QED) is 0.637. The molecule has 1 aromatic carbocycles. The highest BCUT2D eigenvalue weighted by molar-refractivity contribution is 5.82. The van der Waals surface area contributed by atoms with E-state index in [-0.39, 0.29) is 0 Å². The maximum atomic E-state index is 4.19. The van der Waals surface area contributed by atoms with Crippen LogP contribution in [0.2, 0.25) is 0 Å². The second-order valence-electron chi connectivity index (χ2n) is 2.92. The Morgan fingerprint density at radius 2 is 1.93 bits per heavy atom. The van der Waals surface area contributed by atoms with Gasteiger partial charge in [-0.15, -0.1) is 0 Å². The van der Waals surface area contributed by atoms with Crippen molar-refractivity contribution in [3.63, 3.8) is 0 Å². The molecule has 1 rings (SSSR count). The summed E-state index contributed by atoms with van der Waals surface area (Å²) in [6.45, 7) is 10.3. The molecule has 0 radical (unpaired) electrons. The number of hydrogen-bond acceptors (Lipinski definition) is 1. The highest BCUT2D eigenvalue weighted by Crippen LogP contribution is 2.13. The van der Waals surface area contributed by atoms with Crippen molar-refractivity contribution in [2.75, 3.05) is 6.54 Å². The van der Waals surface area contributed by atoms with Crippen molar-refractivity contribution in [1.82, 2.24) is 0 Å². The summed E-state index contributed by atoms with van der Waals surface area (Å²) in [7, 11) is 0. The number of benzene rings is 1. The average Bonchev–Trinajstić information content (AvgIpc) is 2.25. The van der Waals surface area contributed by atoms with Crippen molar-refractivity contribution in [2.24, 2.45) is 4.99 Å². The summed E-state index contributed by atoms with van der Waals surface area (Å²) in [5.41, 5.74) is 3.31. The van der Waals surface area contributed by atoms with Gasteiger partial charge in [-0.3, -0.25) is 4.99 Å². The molecule has 1 heteroatoms. The summed E-state index contributed by atoms with van der Waals surface area (Å²) in [5.74, 6) is 0. The molecule has 0 atom stereocenters. The van der Waals surface area contributed by atoms with Gasteiger partial charge in [0.1, 0.15) is 0 Å². The van der Waals surface area contributed by atoms with Crippen LogP contribution in [0.4, 0.5) is 0 Å². The van der Waals surface area contributed by atoms with Crippen LogP contribution < -0.4 is 0 Å². The molecule has 0 aliphatic heterocycles. The van der Waals surface area contributed by atoms with Crippen molar-refractivity contribution in [3.8, 4) is 0 Å². The molecule has 0 N–H and O–H groups in total. The first-order valence-corrected chi connectivity index (χ1v) is 4.70. The first kappa shape index (κ1) is 10.5. The lowest BCUT2D eigenvalue weighted by molar-refractivity contribution is 1.14.